The molecule has 7 heteroatoms. The van der Waals surface area contributed by atoms with Gasteiger partial charge in [-0.2, -0.15) is 0 Å². The highest BCUT2D eigenvalue weighted by Gasteiger charge is 2.32. The number of ether oxygens (including phenoxy) is 1. The standard InChI is InChI=1S/C26H27FN4O2/c1-30-11-13-31(14-12-30)21-7-5-18(6-8-21)17-29-25(32)24-16-23-22(9-10-28-26(23)33-24)19-3-2-4-20(27)15-19/h2-10,15,24H,11-14,16-17H2,1H3,(H,29,32). The largest absolute Gasteiger partial charge is 0.464 e. The van der Waals surface area contributed by atoms with Crippen molar-refractivity contribution in [2.24, 2.45) is 0 Å². The number of nitrogens with one attached hydrogen (secondary N) is 1. The molecule has 0 radical (unpaired) electrons. The molecule has 33 heavy (non-hydrogen) atoms. The third-order valence-electron chi connectivity index (χ3n) is 6.36. The summed E-state index contributed by atoms with van der Waals surface area (Å²) in [5.74, 6) is -0.0420. The van der Waals surface area contributed by atoms with E-state index >= 15 is 0 Å². The lowest BCUT2D eigenvalue weighted by Gasteiger charge is -2.34. The number of carbonyl (C=O) groups excluding carboxylic acids is 1. The molecule has 1 N–H and O–H groups in total. The summed E-state index contributed by atoms with van der Waals surface area (Å²) >= 11 is 0. The Balaban J connectivity index is 1.20. The summed E-state index contributed by atoms with van der Waals surface area (Å²) in [6, 6.07) is 16.6. The van der Waals surface area contributed by atoms with Gasteiger partial charge >= 0.3 is 0 Å². The fourth-order valence-electron chi connectivity index (χ4n) is 4.40. The van der Waals surface area contributed by atoms with Gasteiger partial charge < -0.3 is 19.9 Å². The lowest BCUT2D eigenvalue weighted by Crippen LogP contribution is -2.44. The van der Waals surface area contributed by atoms with Crippen molar-refractivity contribution in [2.45, 2.75) is 19.1 Å². The van der Waals surface area contributed by atoms with Gasteiger partial charge in [0.15, 0.2) is 6.10 Å². The van der Waals surface area contributed by atoms with Gasteiger partial charge in [-0.1, -0.05) is 24.3 Å². The second-order valence-corrected chi connectivity index (χ2v) is 8.64. The smallest absolute Gasteiger partial charge is 0.261 e. The van der Waals surface area contributed by atoms with Gasteiger partial charge in [-0.3, -0.25) is 4.79 Å². The van der Waals surface area contributed by atoms with Crippen molar-refractivity contribution in [3.63, 3.8) is 0 Å². The molecule has 2 aliphatic heterocycles. The Morgan fingerprint density at radius 1 is 1.12 bits per heavy atom. The molecule has 170 valence electrons. The number of aromatic nitrogens is 1. The molecule has 1 saturated heterocycles. The molecule has 1 amide bonds. The molecular formula is C26H27FN4O2. The van der Waals surface area contributed by atoms with Gasteiger partial charge in [-0.15, -0.1) is 0 Å². The molecular weight excluding hydrogens is 419 g/mol. The first-order valence-corrected chi connectivity index (χ1v) is 11.3. The summed E-state index contributed by atoms with van der Waals surface area (Å²) in [6.45, 7) is 4.62. The van der Waals surface area contributed by atoms with Crippen molar-refractivity contribution >= 4 is 11.6 Å². The fraction of sp³-hybridized carbons (Fsp3) is 0.308. The predicted octanol–water partition coefficient (Wildman–Crippen LogP) is 3.26. The number of fused-ring (bicyclic) bond motifs is 1. The topological polar surface area (TPSA) is 57.7 Å². The summed E-state index contributed by atoms with van der Waals surface area (Å²) in [5.41, 5.74) is 4.67. The van der Waals surface area contributed by atoms with E-state index < -0.39 is 6.10 Å². The van der Waals surface area contributed by atoms with Gasteiger partial charge in [-0.25, -0.2) is 9.37 Å². The second kappa shape index (κ2) is 9.19. The number of nitrogens with zero attached hydrogens (tertiary/aromatic N) is 3. The van der Waals surface area contributed by atoms with E-state index in [-0.39, 0.29) is 11.7 Å². The van der Waals surface area contributed by atoms with E-state index in [1.807, 2.05) is 12.1 Å². The Kier molecular flexibility index (Phi) is 5.96. The molecule has 1 aromatic heterocycles. The van der Waals surface area contributed by atoms with Crippen LogP contribution in [0.25, 0.3) is 11.1 Å². The average Bonchev–Trinajstić information content (AvgIpc) is 3.28. The molecule has 3 aromatic rings. The van der Waals surface area contributed by atoms with Crippen molar-refractivity contribution in [3.05, 3.63) is 77.7 Å². The van der Waals surface area contributed by atoms with Crippen molar-refractivity contribution in [2.75, 3.05) is 38.1 Å². The quantitative estimate of drug-likeness (QED) is 0.652. The highest BCUT2D eigenvalue weighted by Crippen LogP contribution is 2.35. The maximum atomic E-state index is 13.7. The molecule has 2 aliphatic rings. The number of amides is 1. The lowest BCUT2D eigenvalue weighted by atomic mass is 9.98. The van der Waals surface area contributed by atoms with Crippen molar-refractivity contribution in [1.29, 1.82) is 0 Å². The van der Waals surface area contributed by atoms with E-state index in [4.69, 9.17) is 4.74 Å². The summed E-state index contributed by atoms with van der Waals surface area (Å²) in [7, 11) is 2.15. The maximum Gasteiger partial charge on any atom is 0.261 e. The van der Waals surface area contributed by atoms with E-state index in [9.17, 15) is 9.18 Å². The van der Waals surface area contributed by atoms with Crippen LogP contribution in [0.2, 0.25) is 0 Å². The first-order valence-electron chi connectivity index (χ1n) is 11.3. The molecule has 1 fully saturated rings. The van der Waals surface area contributed by atoms with Crippen LogP contribution in [0.3, 0.4) is 0 Å². The normalized spacial score (nSPS) is 18.0. The minimum atomic E-state index is -0.646. The number of hydrogen-bond donors (Lipinski definition) is 1. The zero-order valence-corrected chi connectivity index (χ0v) is 18.6. The molecule has 2 aromatic carbocycles. The maximum absolute atomic E-state index is 13.7. The molecule has 1 atom stereocenters. The fourth-order valence-corrected chi connectivity index (χ4v) is 4.40. The summed E-state index contributed by atoms with van der Waals surface area (Å²) < 4.78 is 19.5. The number of piperazine rings is 1. The highest BCUT2D eigenvalue weighted by molar-refractivity contribution is 5.83. The van der Waals surface area contributed by atoms with Crippen molar-refractivity contribution < 1.29 is 13.9 Å². The minimum absolute atomic E-state index is 0.179. The number of benzene rings is 2. The third-order valence-corrected chi connectivity index (χ3v) is 6.36. The van der Waals surface area contributed by atoms with E-state index in [0.717, 1.165) is 48.4 Å². The molecule has 6 nitrogen and oxygen atoms in total. The van der Waals surface area contributed by atoms with Crippen LogP contribution in [0.4, 0.5) is 10.1 Å². The van der Waals surface area contributed by atoms with E-state index in [2.05, 4.69) is 51.4 Å². The Hall–Kier alpha value is -3.45. The molecule has 0 spiro atoms. The number of rotatable bonds is 5. The van der Waals surface area contributed by atoms with Gasteiger partial charge in [-0.05, 0) is 54.1 Å². The SMILES string of the molecule is CN1CCN(c2ccc(CNC(=O)C3Cc4c(-c5cccc(F)c5)ccnc4O3)cc2)CC1. The Bertz CT molecular complexity index is 1140. The molecule has 3 heterocycles. The molecule has 0 bridgehead atoms. The molecule has 5 rings (SSSR count). The zero-order chi connectivity index (χ0) is 22.8. The first-order chi connectivity index (χ1) is 16.1. The summed E-state index contributed by atoms with van der Waals surface area (Å²) in [6.07, 6.45) is 1.39. The van der Waals surface area contributed by atoms with Gasteiger partial charge in [0, 0.05) is 56.6 Å². The highest BCUT2D eigenvalue weighted by atomic mass is 19.1. The van der Waals surface area contributed by atoms with Crippen LogP contribution in [0.15, 0.2) is 60.8 Å². The number of hydrogen-bond acceptors (Lipinski definition) is 5. The number of anilines is 1. The van der Waals surface area contributed by atoms with Crippen LogP contribution in [0.1, 0.15) is 11.1 Å². The zero-order valence-electron chi connectivity index (χ0n) is 18.6. The van der Waals surface area contributed by atoms with Crippen LogP contribution in [-0.4, -0.2) is 55.1 Å². The third kappa shape index (κ3) is 4.68. The minimum Gasteiger partial charge on any atom is -0.464 e. The Morgan fingerprint density at radius 2 is 1.91 bits per heavy atom. The summed E-state index contributed by atoms with van der Waals surface area (Å²) in [5, 5.41) is 2.98. The number of halogens is 1. The van der Waals surface area contributed by atoms with Gasteiger partial charge in [0.05, 0.1) is 0 Å². The Morgan fingerprint density at radius 3 is 2.67 bits per heavy atom. The van der Waals surface area contributed by atoms with Crippen LogP contribution >= 0.6 is 0 Å². The van der Waals surface area contributed by atoms with Crippen molar-refractivity contribution in [1.82, 2.24) is 15.2 Å². The van der Waals surface area contributed by atoms with Crippen molar-refractivity contribution in [3.8, 4) is 17.0 Å². The molecule has 0 saturated carbocycles. The van der Waals surface area contributed by atoms with E-state index in [1.54, 1.807) is 12.3 Å². The number of pyridine rings is 1. The van der Waals surface area contributed by atoms with Crippen LogP contribution in [0, 0.1) is 5.82 Å². The number of likely N-dealkylation sites (N-methyl/N-ethyl adjacent to an activating group) is 1. The summed E-state index contributed by atoms with van der Waals surface area (Å²) in [4.78, 5) is 21.8. The van der Waals surface area contributed by atoms with Gasteiger partial charge in [0.2, 0.25) is 5.88 Å². The van der Waals surface area contributed by atoms with Gasteiger partial charge in [0.25, 0.3) is 5.91 Å². The Labute approximate surface area is 193 Å². The molecule has 1 unspecified atom stereocenters. The average molecular weight is 447 g/mol. The predicted molar refractivity (Wildman–Crippen MR) is 126 cm³/mol. The van der Waals surface area contributed by atoms with E-state index in [1.165, 1.54) is 17.8 Å². The molecule has 0 aliphatic carbocycles. The van der Waals surface area contributed by atoms with E-state index in [0.29, 0.717) is 18.8 Å². The lowest BCUT2D eigenvalue weighted by molar-refractivity contribution is -0.127. The van der Waals surface area contributed by atoms with Crippen LogP contribution < -0.4 is 15.0 Å². The van der Waals surface area contributed by atoms with Crippen LogP contribution in [0.5, 0.6) is 5.88 Å². The first kappa shape index (κ1) is 21.4. The second-order valence-electron chi connectivity index (χ2n) is 8.64. The van der Waals surface area contributed by atoms with Crippen LogP contribution in [-0.2, 0) is 17.8 Å². The van der Waals surface area contributed by atoms with Gasteiger partial charge in [0.1, 0.15) is 5.82 Å². The number of carbonyl (C=O) groups is 1. The monoisotopic (exact) mass is 446 g/mol.